The van der Waals surface area contributed by atoms with Crippen LogP contribution in [0, 0.1) is 26.2 Å². The van der Waals surface area contributed by atoms with Gasteiger partial charge in [-0.3, -0.25) is 10.1 Å². The Morgan fingerprint density at radius 1 is 1.04 bits per heavy atom. The van der Waals surface area contributed by atoms with Gasteiger partial charge in [0.25, 0.3) is 0 Å². The van der Waals surface area contributed by atoms with Crippen LogP contribution in [0.15, 0.2) is 54.7 Å². The van der Waals surface area contributed by atoms with E-state index in [1.54, 1.807) is 31.3 Å². The maximum atomic E-state index is 14.9. The third-order valence-electron chi connectivity index (χ3n) is 9.18. The predicted molar refractivity (Wildman–Crippen MR) is 166 cm³/mol. The van der Waals surface area contributed by atoms with E-state index in [-0.39, 0.29) is 23.1 Å². The van der Waals surface area contributed by atoms with Crippen LogP contribution in [0.1, 0.15) is 59.5 Å². The van der Waals surface area contributed by atoms with Crippen LogP contribution >= 0.6 is 0 Å². The van der Waals surface area contributed by atoms with Gasteiger partial charge < -0.3 is 20.9 Å². The number of nitrogens with one attached hydrogen (secondary N) is 2. The number of alkyl halides is 3. The fraction of sp³-hybridized carbons (Fsp3) is 0.394. The highest BCUT2D eigenvalue weighted by molar-refractivity contribution is 5.74. The van der Waals surface area contributed by atoms with Gasteiger partial charge in [0, 0.05) is 17.8 Å². The monoisotopic (exact) mass is 635 g/mol. The number of piperidine rings is 1. The number of ether oxygens (including phenoxy) is 1. The van der Waals surface area contributed by atoms with Gasteiger partial charge in [-0.05, 0) is 92.9 Å². The lowest BCUT2D eigenvalue weighted by Gasteiger charge is -2.38. The molecule has 0 saturated carbocycles. The quantitative estimate of drug-likeness (QED) is 0.211. The minimum absolute atomic E-state index is 0.165. The first-order valence-electron chi connectivity index (χ1n) is 15.1. The largest absolute Gasteiger partial charge is 0.480 e. The number of carbonyl (C=O) groups is 1. The molecule has 2 aliphatic heterocycles. The first kappa shape index (κ1) is 31.5. The summed E-state index contributed by atoms with van der Waals surface area (Å²) >= 11 is 0. The van der Waals surface area contributed by atoms with Gasteiger partial charge in [-0.1, -0.05) is 30.3 Å². The molecule has 2 fully saturated rings. The molecule has 5 N–H and O–H groups in total. The summed E-state index contributed by atoms with van der Waals surface area (Å²) in [6.45, 7) is 7.09. The van der Waals surface area contributed by atoms with Gasteiger partial charge in [-0.25, -0.2) is 9.67 Å². The summed E-state index contributed by atoms with van der Waals surface area (Å²) in [5.41, 5.74) is 10.3. The van der Waals surface area contributed by atoms with E-state index in [9.17, 15) is 23.1 Å². The number of nitrogens with two attached hydrogens (primary N) is 1. The van der Waals surface area contributed by atoms with Crippen LogP contribution in [0.2, 0.25) is 0 Å². The molecule has 46 heavy (non-hydrogen) atoms. The molecule has 2 saturated heterocycles. The highest BCUT2D eigenvalue weighted by Crippen LogP contribution is 2.50. The molecule has 2 aliphatic rings. The SMILES string of the molecule is Cc1ccn(-c2cc(-c3ccc(C)c(C)c3)ccc2[C@H](Oc2cc(C3NC(C(=O)O)CC34CCNCC4)nc(N)n2)C(F)(F)F)n1. The molecule has 0 amide bonds. The van der Waals surface area contributed by atoms with E-state index >= 15 is 0 Å². The molecule has 0 bridgehead atoms. The Hall–Kier alpha value is -4.49. The molecule has 3 atom stereocenters. The molecule has 10 nitrogen and oxygen atoms in total. The molecule has 4 aromatic rings. The van der Waals surface area contributed by atoms with Crippen molar-refractivity contribution in [2.45, 2.75) is 64.4 Å². The van der Waals surface area contributed by atoms with Crippen LogP contribution in [0.25, 0.3) is 16.8 Å². The first-order valence-corrected chi connectivity index (χ1v) is 15.1. The molecular formula is C33H36F3N7O3. The Balaban J connectivity index is 1.41. The molecule has 6 rings (SSSR count). The molecule has 2 unspecified atom stereocenters. The highest BCUT2D eigenvalue weighted by atomic mass is 19.4. The van der Waals surface area contributed by atoms with Crippen molar-refractivity contribution in [1.29, 1.82) is 0 Å². The van der Waals surface area contributed by atoms with Gasteiger partial charge in [0.1, 0.15) is 6.04 Å². The van der Waals surface area contributed by atoms with Crippen LogP contribution in [0.5, 0.6) is 5.88 Å². The standard InChI is InChI=1S/C33H36F3N7O3/c1-18-4-5-21(14-19(18)2)22-6-7-23(26(15-22)43-13-8-20(3)42-43)29(33(34,35)36)46-27-16-24(40-31(37)41-27)28-32(9-11-38-12-10-32)17-25(39-28)30(44)45/h4-8,13-16,25,28-29,38-39H,9-12,17H2,1-3H3,(H,44,45)(H2,37,40,41)/t25?,28?,29-/m0/s1. The maximum absolute atomic E-state index is 14.9. The van der Waals surface area contributed by atoms with E-state index < -0.39 is 35.7 Å². The zero-order chi connectivity index (χ0) is 32.8. The Morgan fingerprint density at radius 3 is 2.41 bits per heavy atom. The van der Waals surface area contributed by atoms with Crippen molar-refractivity contribution in [2.24, 2.45) is 5.41 Å². The fourth-order valence-corrected chi connectivity index (χ4v) is 6.65. The molecule has 1 spiro atoms. The molecule has 2 aromatic heterocycles. The lowest BCUT2D eigenvalue weighted by molar-refractivity contribution is -0.198. The molecular weight excluding hydrogens is 599 g/mol. The van der Waals surface area contributed by atoms with E-state index in [4.69, 9.17) is 10.5 Å². The van der Waals surface area contributed by atoms with E-state index in [0.29, 0.717) is 43.7 Å². The summed E-state index contributed by atoms with van der Waals surface area (Å²) in [6, 6.07) is 12.3. The Morgan fingerprint density at radius 2 is 1.76 bits per heavy atom. The van der Waals surface area contributed by atoms with Crippen molar-refractivity contribution in [3.63, 3.8) is 0 Å². The van der Waals surface area contributed by atoms with E-state index in [2.05, 4.69) is 25.7 Å². The minimum atomic E-state index is -4.85. The summed E-state index contributed by atoms with van der Waals surface area (Å²) < 4.78 is 51.9. The van der Waals surface area contributed by atoms with Crippen molar-refractivity contribution in [3.8, 4) is 22.7 Å². The first-order chi connectivity index (χ1) is 21.8. The number of aromatic nitrogens is 4. The second-order valence-corrected chi connectivity index (χ2v) is 12.3. The van der Waals surface area contributed by atoms with E-state index in [1.165, 1.54) is 16.8 Å². The molecule has 2 aromatic carbocycles. The number of carboxylic acid groups (broad SMARTS) is 1. The Bertz CT molecular complexity index is 1770. The maximum Gasteiger partial charge on any atom is 0.429 e. The number of halogens is 3. The summed E-state index contributed by atoms with van der Waals surface area (Å²) in [6.07, 6.45) is -3.98. The molecule has 0 radical (unpaired) electrons. The fourth-order valence-electron chi connectivity index (χ4n) is 6.65. The third-order valence-corrected chi connectivity index (χ3v) is 9.18. The van der Waals surface area contributed by atoms with Crippen molar-refractivity contribution >= 4 is 11.9 Å². The topological polar surface area (TPSA) is 140 Å². The zero-order valence-electron chi connectivity index (χ0n) is 25.7. The number of anilines is 1. The number of hydrogen-bond donors (Lipinski definition) is 4. The summed E-state index contributed by atoms with van der Waals surface area (Å²) in [7, 11) is 0. The minimum Gasteiger partial charge on any atom is -0.480 e. The molecule has 13 heteroatoms. The second kappa shape index (κ2) is 12.0. The lowest BCUT2D eigenvalue weighted by atomic mass is 9.71. The van der Waals surface area contributed by atoms with E-state index in [1.807, 2.05) is 32.0 Å². The van der Waals surface area contributed by atoms with Crippen LogP contribution in [-0.2, 0) is 4.79 Å². The average molecular weight is 636 g/mol. The number of benzene rings is 2. The van der Waals surface area contributed by atoms with Crippen LogP contribution in [0.3, 0.4) is 0 Å². The van der Waals surface area contributed by atoms with Crippen molar-refractivity contribution < 1.29 is 27.8 Å². The van der Waals surface area contributed by atoms with Gasteiger partial charge in [-0.15, -0.1) is 0 Å². The van der Waals surface area contributed by atoms with Gasteiger partial charge in [-0.2, -0.15) is 23.3 Å². The van der Waals surface area contributed by atoms with E-state index in [0.717, 1.165) is 22.3 Å². The third kappa shape index (κ3) is 6.16. The number of aliphatic carboxylic acids is 1. The highest BCUT2D eigenvalue weighted by Gasteiger charge is 2.51. The number of rotatable bonds is 7. The normalized spacial score (nSPS) is 20.1. The number of hydrogen-bond acceptors (Lipinski definition) is 8. The zero-order valence-corrected chi connectivity index (χ0v) is 25.7. The Kier molecular flexibility index (Phi) is 8.23. The number of nitrogen functional groups attached to an aromatic ring is 1. The van der Waals surface area contributed by atoms with Gasteiger partial charge in [0.05, 0.1) is 23.1 Å². The van der Waals surface area contributed by atoms with Gasteiger partial charge in [0.15, 0.2) is 0 Å². The second-order valence-electron chi connectivity index (χ2n) is 12.3. The number of carboxylic acids is 1. The summed E-state index contributed by atoms with van der Waals surface area (Å²) in [4.78, 5) is 20.3. The number of nitrogens with zero attached hydrogens (tertiary/aromatic N) is 4. The van der Waals surface area contributed by atoms with Crippen molar-refractivity contribution in [1.82, 2.24) is 30.4 Å². The van der Waals surface area contributed by atoms with Crippen molar-refractivity contribution in [3.05, 3.63) is 82.8 Å². The number of aryl methyl sites for hydroxylation is 3. The van der Waals surface area contributed by atoms with Gasteiger partial charge in [0.2, 0.25) is 17.9 Å². The smallest absolute Gasteiger partial charge is 0.429 e. The van der Waals surface area contributed by atoms with Crippen LogP contribution in [-0.4, -0.2) is 56.1 Å². The van der Waals surface area contributed by atoms with Crippen molar-refractivity contribution in [2.75, 3.05) is 18.8 Å². The molecule has 4 heterocycles. The van der Waals surface area contributed by atoms with Gasteiger partial charge >= 0.3 is 12.1 Å². The predicted octanol–water partition coefficient (Wildman–Crippen LogP) is 5.38. The van der Waals surface area contributed by atoms with Crippen LogP contribution < -0.4 is 21.1 Å². The Labute approximate surface area is 264 Å². The molecule has 242 valence electrons. The molecule has 0 aliphatic carbocycles. The average Bonchev–Trinajstić information content (AvgIpc) is 3.60. The summed E-state index contributed by atoms with van der Waals surface area (Å²) in [5.74, 6) is -1.64. The summed E-state index contributed by atoms with van der Waals surface area (Å²) in [5, 5.41) is 20.6. The lowest BCUT2D eigenvalue weighted by Crippen LogP contribution is -2.40. The van der Waals surface area contributed by atoms with Crippen LogP contribution in [0.4, 0.5) is 19.1 Å².